The van der Waals surface area contributed by atoms with Crippen molar-refractivity contribution in [2.75, 3.05) is 18.0 Å². The second-order valence-electron chi connectivity index (χ2n) is 5.44. The summed E-state index contributed by atoms with van der Waals surface area (Å²) in [6.07, 6.45) is -2.66. The van der Waals surface area contributed by atoms with Gasteiger partial charge in [0.05, 0.1) is 0 Å². The summed E-state index contributed by atoms with van der Waals surface area (Å²) in [6, 6.07) is 1.40. The first-order chi connectivity index (χ1) is 9.27. The first kappa shape index (κ1) is 15.4. The molecule has 1 aliphatic heterocycles. The summed E-state index contributed by atoms with van der Waals surface area (Å²) in [7, 11) is 0. The van der Waals surface area contributed by atoms with Crippen LogP contribution in [-0.2, 0) is 6.18 Å². The van der Waals surface area contributed by atoms with Crippen LogP contribution in [0.2, 0.25) is 5.15 Å². The number of rotatable bonds is 2. The molecule has 0 unspecified atom stereocenters. The zero-order chi connectivity index (χ0) is 14.9. The number of aromatic nitrogens is 2. The molecule has 3 nitrogen and oxygen atoms in total. The highest BCUT2D eigenvalue weighted by atomic mass is 35.5. The lowest BCUT2D eigenvalue weighted by Gasteiger charge is -2.34. The van der Waals surface area contributed by atoms with Gasteiger partial charge in [-0.1, -0.05) is 25.4 Å². The van der Waals surface area contributed by atoms with Crippen molar-refractivity contribution in [3.05, 3.63) is 17.0 Å². The number of piperidine rings is 1. The first-order valence-electron chi connectivity index (χ1n) is 6.64. The van der Waals surface area contributed by atoms with Crippen LogP contribution in [0.4, 0.5) is 19.0 Å². The fourth-order valence-electron chi connectivity index (χ4n) is 2.49. The molecule has 0 spiro atoms. The molecular weight excluding hydrogens is 291 g/mol. The van der Waals surface area contributed by atoms with E-state index in [0.29, 0.717) is 24.9 Å². The standard InChI is InChI=1S/C13H17ClF3N3/c1-8(2)9-3-5-20(6-4-9)11-7-10(14)18-12(19-11)13(15,16)17/h7-9H,3-6H2,1-2H3. The molecule has 0 bridgehead atoms. The maximum Gasteiger partial charge on any atom is 0.451 e. The average Bonchev–Trinajstić information content (AvgIpc) is 2.37. The van der Waals surface area contributed by atoms with Gasteiger partial charge >= 0.3 is 6.18 Å². The molecule has 0 N–H and O–H groups in total. The maximum atomic E-state index is 12.7. The van der Waals surface area contributed by atoms with Crippen LogP contribution in [0.5, 0.6) is 0 Å². The minimum atomic E-state index is -4.57. The third-order valence-corrected chi connectivity index (χ3v) is 3.93. The topological polar surface area (TPSA) is 29.0 Å². The molecule has 2 rings (SSSR count). The molecule has 0 saturated carbocycles. The summed E-state index contributed by atoms with van der Waals surface area (Å²) in [6.45, 7) is 5.74. The smallest absolute Gasteiger partial charge is 0.356 e. The fourth-order valence-corrected chi connectivity index (χ4v) is 2.67. The second kappa shape index (κ2) is 5.76. The van der Waals surface area contributed by atoms with Crippen molar-refractivity contribution in [1.82, 2.24) is 9.97 Å². The third kappa shape index (κ3) is 3.53. The lowest BCUT2D eigenvalue weighted by molar-refractivity contribution is -0.144. The molecule has 112 valence electrons. The lowest BCUT2D eigenvalue weighted by atomic mass is 9.87. The second-order valence-corrected chi connectivity index (χ2v) is 5.83. The average molecular weight is 308 g/mol. The van der Waals surface area contributed by atoms with Crippen LogP contribution in [0.15, 0.2) is 6.07 Å². The van der Waals surface area contributed by atoms with Gasteiger partial charge in [-0.15, -0.1) is 0 Å². The van der Waals surface area contributed by atoms with E-state index < -0.39 is 12.0 Å². The first-order valence-corrected chi connectivity index (χ1v) is 7.02. The summed E-state index contributed by atoms with van der Waals surface area (Å²) in [5.74, 6) is 0.299. The Morgan fingerprint density at radius 2 is 1.85 bits per heavy atom. The van der Waals surface area contributed by atoms with Crippen LogP contribution < -0.4 is 4.90 Å². The molecule has 1 aromatic heterocycles. The van der Waals surface area contributed by atoms with E-state index in [0.717, 1.165) is 12.8 Å². The Labute approximate surface area is 121 Å². The molecule has 7 heteroatoms. The van der Waals surface area contributed by atoms with E-state index in [1.807, 2.05) is 4.90 Å². The lowest BCUT2D eigenvalue weighted by Crippen LogP contribution is -2.36. The van der Waals surface area contributed by atoms with Gasteiger partial charge in [0.15, 0.2) is 0 Å². The van der Waals surface area contributed by atoms with Gasteiger partial charge in [0, 0.05) is 19.2 Å². The van der Waals surface area contributed by atoms with Gasteiger partial charge in [-0.3, -0.25) is 0 Å². The molecule has 0 aromatic carbocycles. The van der Waals surface area contributed by atoms with E-state index in [4.69, 9.17) is 11.6 Å². The van der Waals surface area contributed by atoms with Gasteiger partial charge in [0.1, 0.15) is 11.0 Å². The van der Waals surface area contributed by atoms with Crippen LogP contribution in [-0.4, -0.2) is 23.1 Å². The van der Waals surface area contributed by atoms with Crippen LogP contribution >= 0.6 is 11.6 Å². The Hall–Kier alpha value is -1.04. The van der Waals surface area contributed by atoms with Gasteiger partial charge in [-0.25, -0.2) is 9.97 Å². The summed E-state index contributed by atoms with van der Waals surface area (Å²) in [4.78, 5) is 8.70. The monoisotopic (exact) mass is 307 g/mol. The van der Waals surface area contributed by atoms with E-state index in [-0.39, 0.29) is 11.0 Å². The Kier molecular flexibility index (Phi) is 4.42. The normalized spacial score (nSPS) is 17.9. The predicted molar refractivity (Wildman–Crippen MR) is 71.8 cm³/mol. The van der Waals surface area contributed by atoms with E-state index >= 15 is 0 Å². The number of alkyl halides is 3. The summed E-state index contributed by atoms with van der Waals surface area (Å²) < 4.78 is 38.0. The minimum absolute atomic E-state index is 0.173. The van der Waals surface area contributed by atoms with Crippen LogP contribution in [0.1, 0.15) is 32.5 Å². The highest BCUT2D eigenvalue weighted by Crippen LogP contribution is 2.31. The molecule has 0 atom stereocenters. The highest BCUT2D eigenvalue weighted by molar-refractivity contribution is 6.29. The van der Waals surface area contributed by atoms with Crippen molar-refractivity contribution >= 4 is 17.4 Å². The summed E-state index contributed by atoms with van der Waals surface area (Å²) >= 11 is 5.68. The van der Waals surface area contributed by atoms with Crippen LogP contribution in [0, 0.1) is 11.8 Å². The SMILES string of the molecule is CC(C)C1CCN(c2cc(Cl)nc(C(F)(F)F)n2)CC1. The van der Waals surface area contributed by atoms with Gasteiger partial charge in [-0.05, 0) is 24.7 Å². The zero-order valence-corrected chi connectivity index (χ0v) is 12.2. The number of nitrogens with zero attached hydrogens (tertiary/aromatic N) is 3. The van der Waals surface area contributed by atoms with Crippen molar-refractivity contribution in [3.8, 4) is 0 Å². The van der Waals surface area contributed by atoms with Gasteiger partial charge in [0.2, 0.25) is 5.82 Å². The van der Waals surface area contributed by atoms with E-state index in [2.05, 4.69) is 23.8 Å². The number of anilines is 1. The molecule has 20 heavy (non-hydrogen) atoms. The van der Waals surface area contributed by atoms with Gasteiger partial charge in [0.25, 0.3) is 0 Å². The Bertz CT molecular complexity index is 468. The van der Waals surface area contributed by atoms with E-state index in [1.54, 1.807) is 0 Å². The third-order valence-electron chi connectivity index (χ3n) is 3.74. The number of halogens is 4. The van der Waals surface area contributed by atoms with Crippen LogP contribution in [0.25, 0.3) is 0 Å². The van der Waals surface area contributed by atoms with Crippen molar-refractivity contribution in [1.29, 1.82) is 0 Å². The molecule has 1 aromatic rings. The molecule has 0 amide bonds. The molecule has 0 radical (unpaired) electrons. The van der Waals surface area contributed by atoms with Crippen LogP contribution in [0.3, 0.4) is 0 Å². The molecular formula is C13H17ClF3N3. The van der Waals surface area contributed by atoms with E-state index in [1.165, 1.54) is 6.07 Å². The van der Waals surface area contributed by atoms with Gasteiger partial charge < -0.3 is 4.90 Å². The fraction of sp³-hybridized carbons (Fsp3) is 0.692. The van der Waals surface area contributed by atoms with Crippen molar-refractivity contribution in [2.45, 2.75) is 32.9 Å². The Morgan fingerprint density at radius 1 is 1.25 bits per heavy atom. The number of hydrogen-bond donors (Lipinski definition) is 0. The predicted octanol–water partition coefficient (Wildman–Crippen LogP) is 4.02. The minimum Gasteiger partial charge on any atom is -0.356 e. The molecule has 2 heterocycles. The molecule has 1 aliphatic rings. The number of hydrogen-bond acceptors (Lipinski definition) is 3. The van der Waals surface area contributed by atoms with Crippen molar-refractivity contribution < 1.29 is 13.2 Å². The summed E-state index contributed by atoms with van der Waals surface area (Å²) in [5.41, 5.74) is 0. The van der Waals surface area contributed by atoms with Crippen molar-refractivity contribution in [2.24, 2.45) is 11.8 Å². The highest BCUT2D eigenvalue weighted by Gasteiger charge is 2.36. The zero-order valence-electron chi connectivity index (χ0n) is 11.4. The van der Waals surface area contributed by atoms with Gasteiger partial charge in [-0.2, -0.15) is 13.2 Å². The Morgan fingerprint density at radius 3 is 2.35 bits per heavy atom. The summed E-state index contributed by atoms with van der Waals surface area (Å²) in [5, 5.41) is -0.173. The maximum absolute atomic E-state index is 12.7. The Balaban J connectivity index is 2.16. The molecule has 0 aliphatic carbocycles. The molecule has 1 saturated heterocycles. The molecule has 1 fully saturated rings. The largest absolute Gasteiger partial charge is 0.451 e. The van der Waals surface area contributed by atoms with E-state index in [9.17, 15) is 13.2 Å². The quantitative estimate of drug-likeness (QED) is 0.773. The van der Waals surface area contributed by atoms with Crippen molar-refractivity contribution in [3.63, 3.8) is 0 Å².